The standard InChI is InChI=1S/C16H18NO4/c1-17(2,3)9-12-10-5-6-13(18)21-15(10)16(19-4)14-11(12)7-8-20-14/h5-8H,9H2,1-4H3/q+1. The molecule has 21 heavy (non-hydrogen) atoms. The van der Waals surface area contributed by atoms with Gasteiger partial charge in [0.1, 0.15) is 6.54 Å². The second-order valence-corrected chi connectivity index (χ2v) is 6.12. The number of benzene rings is 1. The summed E-state index contributed by atoms with van der Waals surface area (Å²) in [4.78, 5) is 11.6. The van der Waals surface area contributed by atoms with Gasteiger partial charge < -0.3 is 18.1 Å². The molecule has 2 aromatic heterocycles. The highest BCUT2D eigenvalue weighted by atomic mass is 16.5. The fourth-order valence-electron chi connectivity index (χ4n) is 2.62. The number of rotatable bonds is 3. The van der Waals surface area contributed by atoms with E-state index in [1.807, 2.05) is 6.07 Å². The topological polar surface area (TPSA) is 52.6 Å². The molecule has 5 heteroatoms. The number of methoxy groups -OCH3 is 1. The lowest BCUT2D eigenvalue weighted by atomic mass is 10.0. The molecule has 0 aliphatic rings. The Morgan fingerprint density at radius 1 is 1.10 bits per heavy atom. The second kappa shape index (κ2) is 4.63. The Bertz CT molecular complexity index is 867. The van der Waals surface area contributed by atoms with Gasteiger partial charge in [0, 0.05) is 22.4 Å². The number of fused-ring (bicyclic) bond motifs is 2. The molecule has 0 spiro atoms. The average Bonchev–Trinajstić information content (AvgIpc) is 2.86. The van der Waals surface area contributed by atoms with Crippen LogP contribution in [0.5, 0.6) is 5.75 Å². The minimum Gasteiger partial charge on any atom is -0.490 e. The Kier molecular flexibility index (Phi) is 3.02. The molecule has 0 fully saturated rings. The van der Waals surface area contributed by atoms with Crippen molar-refractivity contribution in [1.82, 2.24) is 0 Å². The summed E-state index contributed by atoms with van der Waals surface area (Å²) in [6, 6.07) is 5.15. The second-order valence-electron chi connectivity index (χ2n) is 6.12. The maximum Gasteiger partial charge on any atom is 0.336 e. The van der Waals surface area contributed by atoms with Crippen molar-refractivity contribution >= 4 is 21.9 Å². The van der Waals surface area contributed by atoms with E-state index in [9.17, 15) is 4.79 Å². The van der Waals surface area contributed by atoms with E-state index in [-0.39, 0.29) is 0 Å². The summed E-state index contributed by atoms with van der Waals surface area (Å²) in [7, 11) is 7.88. The van der Waals surface area contributed by atoms with Crippen molar-refractivity contribution in [3.8, 4) is 5.75 Å². The van der Waals surface area contributed by atoms with Gasteiger partial charge in [0.2, 0.25) is 5.75 Å². The van der Waals surface area contributed by atoms with E-state index in [0.29, 0.717) is 16.9 Å². The Morgan fingerprint density at radius 3 is 2.48 bits per heavy atom. The van der Waals surface area contributed by atoms with Gasteiger partial charge in [-0.2, -0.15) is 0 Å². The third kappa shape index (κ3) is 2.29. The monoisotopic (exact) mass is 288 g/mol. The van der Waals surface area contributed by atoms with Crippen LogP contribution in [0.4, 0.5) is 0 Å². The fourth-order valence-corrected chi connectivity index (χ4v) is 2.62. The fraction of sp³-hybridized carbons (Fsp3) is 0.312. The average molecular weight is 288 g/mol. The summed E-state index contributed by atoms with van der Waals surface area (Å²) < 4.78 is 17.1. The number of hydrogen-bond acceptors (Lipinski definition) is 4. The van der Waals surface area contributed by atoms with Gasteiger partial charge in [0.15, 0.2) is 11.2 Å². The smallest absolute Gasteiger partial charge is 0.336 e. The van der Waals surface area contributed by atoms with Crippen LogP contribution >= 0.6 is 0 Å². The van der Waals surface area contributed by atoms with Gasteiger partial charge in [0.05, 0.1) is 34.5 Å². The van der Waals surface area contributed by atoms with Crippen LogP contribution in [0.3, 0.4) is 0 Å². The first-order chi connectivity index (χ1) is 9.90. The molecule has 2 heterocycles. The van der Waals surface area contributed by atoms with E-state index < -0.39 is 5.63 Å². The zero-order chi connectivity index (χ0) is 15.2. The predicted molar refractivity (Wildman–Crippen MR) is 80.5 cm³/mol. The molecule has 1 aromatic carbocycles. The molecule has 0 bridgehead atoms. The first kappa shape index (κ1) is 13.7. The molecule has 3 aromatic rings. The lowest BCUT2D eigenvalue weighted by Gasteiger charge is -2.25. The Labute approximate surface area is 121 Å². The van der Waals surface area contributed by atoms with Crippen LogP contribution in [0, 0.1) is 0 Å². The lowest BCUT2D eigenvalue weighted by Crippen LogP contribution is -2.33. The van der Waals surface area contributed by atoms with Gasteiger partial charge in [-0.05, 0) is 12.1 Å². The molecule has 0 saturated heterocycles. The van der Waals surface area contributed by atoms with Crippen LogP contribution in [0.15, 0.2) is 38.1 Å². The van der Waals surface area contributed by atoms with Crippen molar-refractivity contribution in [2.24, 2.45) is 0 Å². The van der Waals surface area contributed by atoms with Gasteiger partial charge in [-0.15, -0.1) is 0 Å². The molecule has 0 radical (unpaired) electrons. The largest absolute Gasteiger partial charge is 0.490 e. The highest BCUT2D eigenvalue weighted by Gasteiger charge is 2.22. The first-order valence-corrected chi connectivity index (χ1v) is 6.71. The molecule has 0 N–H and O–H groups in total. The van der Waals surface area contributed by atoms with Crippen LogP contribution in [0.25, 0.3) is 21.9 Å². The van der Waals surface area contributed by atoms with Crippen LogP contribution in [-0.4, -0.2) is 32.7 Å². The normalized spacial score (nSPS) is 12.2. The minimum atomic E-state index is -0.400. The number of ether oxygens (including phenoxy) is 1. The molecule has 110 valence electrons. The van der Waals surface area contributed by atoms with Crippen LogP contribution < -0.4 is 10.4 Å². The molecule has 3 rings (SSSR count). The maximum absolute atomic E-state index is 11.6. The Hall–Kier alpha value is -2.27. The SMILES string of the molecule is COc1c2occc2c(C[N+](C)(C)C)c2ccc(=O)oc12. The van der Waals surface area contributed by atoms with Crippen molar-refractivity contribution in [1.29, 1.82) is 0 Å². The highest BCUT2D eigenvalue weighted by Crippen LogP contribution is 2.38. The summed E-state index contributed by atoms with van der Waals surface area (Å²) in [6.45, 7) is 0.782. The van der Waals surface area contributed by atoms with Crippen molar-refractivity contribution in [2.45, 2.75) is 6.54 Å². The van der Waals surface area contributed by atoms with E-state index in [1.165, 1.54) is 6.07 Å². The molecule has 0 unspecified atom stereocenters. The van der Waals surface area contributed by atoms with Crippen LogP contribution in [0.2, 0.25) is 0 Å². The molecular weight excluding hydrogens is 270 g/mol. The van der Waals surface area contributed by atoms with Crippen molar-refractivity contribution in [3.05, 3.63) is 40.4 Å². The quantitative estimate of drug-likeness (QED) is 0.549. The number of furan rings is 1. The van der Waals surface area contributed by atoms with E-state index >= 15 is 0 Å². The van der Waals surface area contributed by atoms with Gasteiger partial charge >= 0.3 is 5.63 Å². The van der Waals surface area contributed by atoms with Gasteiger partial charge in [-0.25, -0.2) is 4.79 Å². The third-order valence-corrected chi connectivity index (χ3v) is 3.40. The minimum absolute atomic E-state index is 0.400. The molecule has 0 aliphatic carbocycles. The van der Waals surface area contributed by atoms with E-state index in [0.717, 1.165) is 27.4 Å². The molecular formula is C16H18NO4+. The molecule has 0 amide bonds. The van der Waals surface area contributed by atoms with Crippen molar-refractivity contribution in [2.75, 3.05) is 28.3 Å². The molecule has 0 saturated carbocycles. The van der Waals surface area contributed by atoms with Gasteiger partial charge in [-0.3, -0.25) is 0 Å². The van der Waals surface area contributed by atoms with Crippen molar-refractivity contribution in [3.63, 3.8) is 0 Å². The van der Waals surface area contributed by atoms with Crippen LogP contribution in [-0.2, 0) is 6.54 Å². The highest BCUT2D eigenvalue weighted by molar-refractivity contribution is 6.03. The predicted octanol–water partition coefficient (Wildman–Crippen LogP) is 2.75. The lowest BCUT2D eigenvalue weighted by molar-refractivity contribution is -0.883. The zero-order valence-electron chi connectivity index (χ0n) is 12.6. The number of hydrogen-bond donors (Lipinski definition) is 0. The number of nitrogens with zero attached hydrogens (tertiary/aromatic N) is 1. The summed E-state index contributed by atoms with van der Waals surface area (Å²) in [5.74, 6) is 0.466. The van der Waals surface area contributed by atoms with E-state index in [4.69, 9.17) is 13.6 Å². The molecule has 5 nitrogen and oxygen atoms in total. The Balaban J connectivity index is 2.48. The van der Waals surface area contributed by atoms with Gasteiger partial charge in [0.25, 0.3) is 0 Å². The van der Waals surface area contributed by atoms with Crippen LogP contribution in [0.1, 0.15) is 5.56 Å². The maximum atomic E-state index is 11.6. The summed E-state index contributed by atoms with van der Waals surface area (Å²) in [6.07, 6.45) is 1.63. The third-order valence-electron chi connectivity index (χ3n) is 3.40. The summed E-state index contributed by atoms with van der Waals surface area (Å²) in [5.41, 5.74) is 1.74. The number of quaternary nitrogens is 1. The molecule has 0 atom stereocenters. The Morgan fingerprint density at radius 2 is 1.81 bits per heavy atom. The van der Waals surface area contributed by atoms with Crippen molar-refractivity contribution < 1.29 is 18.1 Å². The van der Waals surface area contributed by atoms with Gasteiger partial charge in [-0.1, -0.05) is 0 Å². The first-order valence-electron chi connectivity index (χ1n) is 6.71. The zero-order valence-corrected chi connectivity index (χ0v) is 12.6. The van der Waals surface area contributed by atoms with E-state index in [1.54, 1.807) is 19.4 Å². The summed E-state index contributed by atoms with van der Waals surface area (Å²) >= 11 is 0. The van der Waals surface area contributed by atoms with E-state index in [2.05, 4.69) is 21.1 Å². The molecule has 0 aliphatic heterocycles. The summed E-state index contributed by atoms with van der Waals surface area (Å²) in [5, 5.41) is 1.87.